The Morgan fingerprint density at radius 3 is 2.00 bits per heavy atom. The van der Waals surface area contributed by atoms with Crippen LogP contribution in [0.2, 0.25) is 0 Å². The smallest absolute Gasteiger partial charge is 0.0416 e. The molecule has 1 aliphatic rings. The summed E-state index contributed by atoms with van der Waals surface area (Å²) in [6.07, 6.45) is 0. The van der Waals surface area contributed by atoms with E-state index in [0.29, 0.717) is 17.9 Å². The van der Waals surface area contributed by atoms with Gasteiger partial charge in [-0.3, -0.25) is 4.90 Å². The number of hydrogen-bond acceptors (Lipinski definition) is 1. The van der Waals surface area contributed by atoms with Crippen LogP contribution < -0.4 is 0 Å². The van der Waals surface area contributed by atoms with Crippen LogP contribution in [-0.2, 0) is 0 Å². The Hall–Kier alpha value is -1.86. The lowest BCUT2D eigenvalue weighted by Gasteiger charge is -2.27. The molecule has 0 aliphatic carbocycles. The largest absolute Gasteiger partial charge is 0.298 e. The summed E-state index contributed by atoms with van der Waals surface area (Å²) in [6.45, 7) is 7.56. The molecule has 3 rings (SSSR count). The molecular formula is C20H23N. The van der Waals surface area contributed by atoms with E-state index in [1.54, 1.807) is 0 Å². The predicted molar refractivity (Wildman–Crippen MR) is 89.3 cm³/mol. The summed E-state index contributed by atoms with van der Waals surface area (Å²) < 4.78 is 0. The minimum absolute atomic E-state index is 0.425. The maximum absolute atomic E-state index is 4.30. The van der Waals surface area contributed by atoms with Crippen molar-refractivity contribution in [2.45, 2.75) is 18.9 Å². The second-order valence-corrected chi connectivity index (χ2v) is 6.18. The van der Waals surface area contributed by atoms with Crippen LogP contribution in [0.4, 0.5) is 0 Å². The highest BCUT2D eigenvalue weighted by atomic mass is 15.2. The zero-order valence-electron chi connectivity index (χ0n) is 12.9. The molecule has 0 N–H and O–H groups in total. The highest BCUT2D eigenvalue weighted by Gasteiger charge is 2.41. The van der Waals surface area contributed by atoms with Crippen molar-refractivity contribution in [1.29, 1.82) is 0 Å². The average molecular weight is 277 g/mol. The van der Waals surface area contributed by atoms with Gasteiger partial charge in [-0.1, -0.05) is 72.8 Å². The predicted octanol–water partition coefficient (Wildman–Crippen LogP) is 4.65. The number of rotatable bonds is 3. The van der Waals surface area contributed by atoms with Gasteiger partial charge in [0.25, 0.3) is 0 Å². The van der Waals surface area contributed by atoms with Gasteiger partial charge in [-0.05, 0) is 25.1 Å². The van der Waals surface area contributed by atoms with Crippen molar-refractivity contribution >= 4 is 0 Å². The Labute approximate surface area is 127 Å². The van der Waals surface area contributed by atoms with E-state index >= 15 is 0 Å². The zero-order valence-corrected chi connectivity index (χ0v) is 12.9. The van der Waals surface area contributed by atoms with E-state index in [4.69, 9.17) is 0 Å². The van der Waals surface area contributed by atoms with Crippen LogP contribution in [-0.4, -0.2) is 18.5 Å². The molecule has 1 saturated heterocycles. The third-order valence-corrected chi connectivity index (χ3v) is 4.67. The van der Waals surface area contributed by atoms with Gasteiger partial charge < -0.3 is 0 Å². The molecule has 1 aliphatic heterocycles. The first-order valence-corrected chi connectivity index (χ1v) is 7.64. The van der Waals surface area contributed by atoms with Crippen molar-refractivity contribution in [2.75, 3.05) is 13.6 Å². The van der Waals surface area contributed by atoms with Gasteiger partial charge >= 0.3 is 0 Å². The van der Waals surface area contributed by atoms with Gasteiger partial charge in [0.15, 0.2) is 0 Å². The van der Waals surface area contributed by atoms with Crippen molar-refractivity contribution in [3.05, 3.63) is 83.9 Å². The first-order chi connectivity index (χ1) is 10.2. The van der Waals surface area contributed by atoms with Crippen LogP contribution in [0.5, 0.6) is 0 Å². The summed E-state index contributed by atoms with van der Waals surface area (Å²) in [4.78, 5) is 2.48. The van der Waals surface area contributed by atoms with E-state index in [9.17, 15) is 0 Å². The molecule has 0 amide bonds. The monoisotopic (exact) mass is 277 g/mol. The number of likely N-dealkylation sites (tertiary alicyclic amines) is 1. The Kier molecular flexibility index (Phi) is 3.94. The molecule has 0 unspecified atom stereocenters. The highest BCUT2D eigenvalue weighted by Crippen LogP contribution is 2.47. The zero-order chi connectivity index (χ0) is 14.8. The Bertz CT molecular complexity index is 602. The van der Waals surface area contributed by atoms with Gasteiger partial charge in [0.2, 0.25) is 0 Å². The Balaban J connectivity index is 2.00. The first-order valence-electron chi connectivity index (χ1n) is 7.64. The molecule has 0 bridgehead atoms. The van der Waals surface area contributed by atoms with Gasteiger partial charge in [-0.2, -0.15) is 0 Å². The molecule has 1 heteroatoms. The van der Waals surface area contributed by atoms with Crippen molar-refractivity contribution in [3.63, 3.8) is 0 Å². The molecule has 108 valence electrons. The van der Waals surface area contributed by atoms with Gasteiger partial charge in [-0.15, -0.1) is 0 Å². The van der Waals surface area contributed by atoms with Gasteiger partial charge in [0.1, 0.15) is 0 Å². The lowest BCUT2D eigenvalue weighted by Crippen LogP contribution is -2.21. The molecule has 0 aromatic heterocycles. The van der Waals surface area contributed by atoms with E-state index in [0.717, 1.165) is 6.54 Å². The molecule has 2 aromatic rings. The molecule has 1 nitrogen and oxygen atoms in total. The molecular weight excluding hydrogens is 254 g/mol. The van der Waals surface area contributed by atoms with Gasteiger partial charge in [-0.25, -0.2) is 0 Å². The maximum atomic E-state index is 4.30. The van der Waals surface area contributed by atoms with Crippen molar-refractivity contribution in [3.8, 4) is 0 Å². The second kappa shape index (κ2) is 5.87. The standard InChI is InChI=1S/C20H23N/c1-15(2)19-18(16-10-6-4-7-11-16)14-21(3)20(19)17-12-8-5-9-13-17/h4-13,18-20H,1,14H2,2-3H3/t18-,19-,20-/m0/s1. The quantitative estimate of drug-likeness (QED) is 0.738. The van der Waals surface area contributed by atoms with E-state index in [-0.39, 0.29) is 0 Å². The van der Waals surface area contributed by atoms with E-state index in [1.807, 2.05) is 0 Å². The van der Waals surface area contributed by atoms with Gasteiger partial charge in [0.05, 0.1) is 0 Å². The first kappa shape index (κ1) is 14.1. The lowest BCUT2D eigenvalue weighted by molar-refractivity contribution is 0.292. The van der Waals surface area contributed by atoms with Gasteiger partial charge in [0, 0.05) is 24.4 Å². The average Bonchev–Trinajstić information content (AvgIpc) is 2.87. The third kappa shape index (κ3) is 2.66. The van der Waals surface area contributed by atoms with E-state index in [2.05, 4.69) is 86.1 Å². The molecule has 1 fully saturated rings. The normalized spacial score (nSPS) is 25.9. The minimum Gasteiger partial charge on any atom is -0.298 e. The van der Waals surface area contributed by atoms with Crippen LogP contribution in [0, 0.1) is 5.92 Å². The van der Waals surface area contributed by atoms with Crippen LogP contribution in [0.3, 0.4) is 0 Å². The summed E-state index contributed by atoms with van der Waals surface area (Å²) in [5.41, 5.74) is 4.10. The number of hydrogen-bond donors (Lipinski definition) is 0. The molecule has 0 saturated carbocycles. The number of likely N-dealkylation sites (N-methyl/N-ethyl adjacent to an activating group) is 1. The van der Waals surface area contributed by atoms with Crippen LogP contribution in [0.1, 0.15) is 30.0 Å². The van der Waals surface area contributed by atoms with Crippen molar-refractivity contribution in [1.82, 2.24) is 4.90 Å². The Morgan fingerprint density at radius 2 is 1.48 bits per heavy atom. The summed E-state index contributed by atoms with van der Waals surface area (Å²) in [7, 11) is 2.23. The molecule has 0 spiro atoms. The summed E-state index contributed by atoms with van der Waals surface area (Å²) in [5.74, 6) is 0.999. The summed E-state index contributed by atoms with van der Waals surface area (Å²) >= 11 is 0. The number of benzene rings is 2. The van der Waals surface area contributed by atoms with E-state index < -0.39 is 0 Å². The van der Waals surface area contributed by atoms with Crippen molar-refractivity contribution < 1.29 is 0 Å². The van der Waals surface area contributed by atoms with Crippen LogP contribution >= 0.6 is 0 Å². The van der Waals surface area contributed by atoms with Crippen LogP contribution in [0.25, 0.3) is 0 Å². The third-order valence-electron chi connectivity index (χ3n) is 4.67. The molecule has 1 heterocycles. The lowest BCUT2D eigenvalue weighted by atomic mass is 9.79. The highest BCUT2D eigenvalue weighted by molar-refractivity contribution is 5.32. The summed E-state index contributed by atoms with van der Waals surface area (Å²) in [6, 6.07) is 22.1. The fourth-order valence-corrected chi connectivity index (χ4v) is 3.77. The van der Waals surface area contributed by atoms with Crippen LogP contribution in [0.15, 0.2) is 72.8 Å². The summed E-state index contributed by atoms with van der Waals surface area (Å²) in [5, 5.41) is 0. The topological polar surface area (TPSA) is 3.24 Å². The fourth-order valence-electron chi connectivity index (χ4n) is 3.77. The molecule has 2 aromatic carbocycles. The molecule has 21 heavy (non-hydrogen) atoms. The van der Waals surface area contributed by atoms with Crippen molar-refractivity contribution in [2.24, 2.45) is 5.92 Å². The Morgan fingerprint density at radius 1 is 0.952 bits per heavy atom. The fraction of sp³-hybridized carbons (Fsp3) is 0.300. The second-order valence-electron chi connectivity index (χ2n) is 6.18. The van der Waals surface area contributed by atoms with E-state index in [1.165, 1.54) is 16.7 Å². The maximum Gasteiger partial charge on any atom is 0.0416 e. The minimum atomic E-state index is 0.425. The molecule has 3 atom stereocenters. The number of nitrogens with zero attached hydrogens (tertiary/aromatic N) is 1. The molecule has 0 radical (unpaired) electrons. The SMILES string of the molecule is C=C(C)[C@H]1[C@H](c2ccccc2)CN(C)[C@H]1c1ccccc1.